The van der Waals surface area contributed by atoms with Gasteiger partial charge in [-0.2, -0.15) is 9.90 Å². The van der Waals surface area contributed by atoms with Gasteiger partial charge in [-0.25, -0.2) is 9.78 Å². The van der Waals surface area contributed by atoms with Crippen molar-refractivity contribution in [3.05, 3.63) is 47.6 Å². The lowest BCUT2D eigenvalue weighted by molar-refractivity contribution is 0.0606. The Morgan fingerprint density at radius 3 is 2.80 bits per heavy atom. The van der Waals surface area contributed by atoms with Crippen molar-refractivity contribution < 1.29 is 9.53 Å². The van der Waals surface area contributed by atoms with Gasteiger partial charge in [0.2, 0.25) is 0 Å². The summed E-state index contributed by atoms with van der Waals surface area (Å²) in [4.78, 5) is 17.5. The number of carbonyl (C=O) groups excluding carboxylic acids is 1. The molecule has 20 heavy (non-hydrogen) atoms. The number of rotatable bonds is 3. The number of ether oxygens (including phenoxy) is 1. The summed E-state index contributed by atoms with van der Waals surface area (Å²) in [5, 5.41) is 9.18. The smallest absolute Gasteiger partial charge is 0.349 e. The molecule has 0 fully saturated rings. The van der Waals surface area contributed by atoms with Crippen molar-refractivity contribution in [2.24, 2.45) is 0 Å². The van der Waals surface area contributed by atoms with Crippen LogP contribution in [0, 0.1) is 0 Å². The first-order valence-electron chi connectivity index (χ1n) is 5.80. The topological polar surface area (TPSA) is 69.9 Å². The van der Waals surface area contributed by atoms with Gasteiger partial charge in [0.1, 0.15) is 15.6 Å². The van der Waals surface area contributed by atoms with E-state index in [-0.39, 0.29) is 0 Å². The second kappa shape index (κ2) is 5.22. The molecule has 0 saturated carbocycles. The Bertz CT molecular complexity index is 736. The van der Waals surface area contributed by atoms with E-state index < -0.39 is 5.97 Å². The summed E-state index contributed by atoms with van der Waals surface area (Å²) in [5.74, 6) is -0.399. The van der Waals surface area contributed by atoms with Crippen LogP contribution in [0.4, 0.5) is 0 Å². The normalized spacial score (nSPS) is 10.4. The first kappa shape index (κ1) is 12.5. The van der Waals surface area contributed by atoms with Crippen LogP contribution in [0.15, 0.2) is 42.7 Å². The standard InChI is InChI=1S/C13H10N4O2S/c1-19-13(18)11-8-14-12(20-11)10-7-15-17(16-10)9-5-3-2-4-6-9/h2-8H,1H3. The number of aromatic nitrogens is 4. The molecule has 0 amide bonds. The maximum Gasteiger partial charge on any atom is 0.349 e. The molecule has 0 aliphatic heterocycles. The van der Waals surface area contributed by atoms with Crippen molar-refractivity contribution in [2.45, 2.75) is 0 Å². The van der Waals surface area contributed by atoms with Crippen LogP contribution in [0.5, 0.6) is 0 Å². The van der Waals surface area contributed by atoms with E-state index >= 15 is 0 Å². The molecule has 100 valence electrons. The average molecular weight is 286 g/mol. The van der Waals surface area contributed by atoms with E-state index in [9.17, 15) is 4.79 Å². The summed E-state index contributed by atoms with van der Waals surface area (Å²) in [6.07, 6.45) is 3.10. The van der Waals surface area contributed by atoms with Gasteiger partial charge in [-0.15, -0.1) is 16.4 Å². The van der Waals surface area contributed by atoms with Crippen molar-refractivity contribution in [3.8, 4) is 16.4 Å². The number of esters is 1. The molecular formula is C13H10N4O2S. The predicted molar refractivity (Wildman–Crippen MR) is 73.8 cm³/mol. The molecule has 0 atom stereocenters. The third kappa shape index (κ3) is 2.30. The SMILES string of the molecule is COC(=O)c1cnc(-c2cnn(-c3ccccc3)n2)s1. The van der Waals surface area contributed by atoms with E-state index in [0.717, 1.165) is 5.69 Å². The Labute approximate surface area is 118 Å². The van der Waals surface area contributed by atoms with Crippen LogP contribution in [-0.4, -0.2) is 33.1 Å². The summed E-state index contributed by atoms with van der Waals surface area (Å²) >= 11 is 1.23. The number of para-hydroxylation sites is 1. The van der Waals surface area contributed by atoms with Crippen molar-refractivity contribution in [1.29, 1.82) is 0 Å². The van der Waals surface area contributed by atoms with Crippen LogP contribution in [0.1, 0.15) is 9.67 Å². The Morgan fingerprint density at radius 2 is 2.05 bits per heavy atom. The molecule has 7 heteroatoms. The number of nitrogens with zero attached hydrogens (tertiary/aromatic N) is 4. The number of hydrogen-bond donors (Lipinski definition) is 0. The first-order chi connectivity index (χ1) is 9.78. The number of carbonyl (C=O) groups is 1. The summed E-state index contributed by atoms with van der Waals surface area (Å²) in [7, 11) is 1.34. The number of hydrogen-bond acceptors (Lipinski definition) is 6. The van der Waals surface area contributed by atoms with Crippen LogP contribution in [0.25, 0.3) is 16.4 Å². The molecule has 6 nitrogen and oxygen atoms in total. The molecule has 0 unspecified atom stereocenters. The lowest BCUT2D eigenvalue weighted by Gasteiger charge is -1.96. The Morgan fingerprint density at radius 1 is 1.25 bits per heavy atom. The Balaban J connectivity index is 1.91. The van der Waals surface area contributed by atoms with Gasteiger partial charge >= 0.3 is 5.97 Å². The molecule has 0 saturated heterocycles. The molecule has 0 N–H and O–H groups in total. The fraction of sp³-hybridized carbons (Fsp3) is 0.0769. The summed E-state index contributed by atoms with van der Waals surface area (Å²) in [5.41, 5.74) is 1.48. The zero-order valence-corrected chi connectivity index (χ0v) is 11.4. The summed E-state index contributed by atoms with van der Waals surface area (Å²) in [6, 6.07) is 9.57. The highest BCUT2D eigenvalue weighted by Gasteiger charge is 2.14. The van der Waals surface area contributed by atoms with E-state index in [0.29, 0.717) is 15.6 Å². The Kier molecular flexibility index (Phi) is 3.26. The molecule has 1 aromatic carbocycles. The lowest BCUT2D eigenvalue weighted by Crippen LogP contribution is -1.97. The molecule has 2 heterocycles. The zero-order chi connectivity index (χ0) is 13.9. The largest absolute Gasteiger partial charge is 0.465 e. The summed E-state index contributed by atoms with van der Waals surface area (Å²) < 4.78 is 4.65. The minimum absolute atomic E-state index is 0.399. The summed E-state index contributed by atoms with van der Waals surface area (Å²) in [6.45, 7) is 0. The fourth-order valence-corrected chi connectivity index (χ4v) is 2.42. The monoisotopic (exact) mass is 286 g/mol. The van der Waals surface area contributed by atoms with Crippen LogP contribution in [0.2, 0.25) is 0 Å². The average Bonchev–Trinajstić information content (AvgIpc) is 3.16. The van der Waals surface area contributed by atoms with E-state index in [4.69, 9.17) is 0 Å². The van der Waals surface area contributed by atoms with E-state index in [1.165, 1.54) is 29.4 Å². The van der Waals surface area contributed by atoms with Gasteiger partial charge < -0.3 is 4.74 Å². The van der Waals surface area contributed by atoms with Crippen molar-refractivity contribution >= 4 is 17.3 Å². The van der Waals surface area contributed by atoms with Crippen molar-refractivity contribution in [2.75, 3.05) is 7.11 Å². The van der Waals surface area contributed by atoms with E-state index in [2.05, 4.69) is 19.9 Å². The highest BCUT2D eigenvalue weighted by atomic mass is 32.1. The van der Waals surface area contributed by atoms with Gasteiger partial charge in [0.05, 0.1) is 25.2 Å². The van der Waals surface area contributed by atoms with E-state index in [1.807, 2.05) is 30.3 Å². The van der Waals surface area contributed by atoms with Gasteiger partial charge in [-0.05, 0) is 12.1 Å². The molecule has 0 bridgehead atoms. The first-order valence-corrected chi connectivity index (χ1v) is 6.62. The molecule has 2 aromatic heterocycles. The van der Waals surface area contributed by atoms with Gasteiger partial charge in [0, 0.05) is 0 Å². The third-order valence-electron chi connectivity index (χ3n) is 2.59. The minimum Gasteiger partial charge on any atom is -0.465 e. The maximum atomic E-state index is 11.4. The predicted octanol–water partition coefficient (Wildman–Crippen LogP) is 2.18. The van der Waals surface area contributed by atoms with Crippen LogP contribution < -0.4 is 0 Å². The second-order valence-electron chi connectivity index (χ2n) is 3.88. The maximum absolute atomic E-state index is 11.4. The Hall–Kier alpha value is -2.54. The second-order valence-corrected chi connectivity index (χ2v) is 4.91. The van der Waals surface area contributed by atoms with Gasteiger partial charge in [0.25, 0.3) is 0 Å². The number of benzene rings is 1. The molecule has 3 rings (SSSR count). The van der Waals surface area contributed by atoms with Crippen LogP contribution >= 0.6 is 11.3 Å². The highest BCUT2D eigenvalue weighted by molar-refractivity contribution is 7.16. The third-order valence-corrected chi connectivity index (χ3v) is 3.59. The van der Waals surface area contributed by atoms with Crippen LogP contribution in [0.3, 0.4) is 0 Å². The molecular weight excluding hydrogens is 276 g/mol. The number of thiazole rings is 1. The van der Waals surface area contributed by atoms with Crippen LogP contribution in [-0.2, 0) is 4.74 Å². The molecule has 3 aromatic rings. The quantitative estimate of drug-likeness (QED) is 0.690. The van der Waals surface area contributed by atoms with Crippen molar-refractivity contribution in [3.63, 3.8) is 0 Å². The van der Waals surface area contributed by atoms with Crippen molar-refractivity contribution in [1.82, 2.24) is 20.0 Å². The molecule has 0 aliphatic rings. The van der Waals surface area contributed by atoms with Gasteiger partial charge in [0.15, 0.2) is 0 Å². The van der Waals surface area contributed by atoms with Gasteiger partial charge in [-0.1, -0.05) is 18.2 Å². The minimum atomic E-state index is -0.399. The van der Waals surface area contributed by atoms with E-state index in [1.54, 1.807) is 6.20 Å². The van der Waals surface area contributed by atoms with Gasteiger partial charge in [-0.3, -0.25) is 0 Å². The molecule has 0 radical (unpaired) electrons. The highest BCUT2D eigenvalue weighted by Crippen LogP contribution is 2.23. The zero-order valence-electron chi connectivity index (χ0n) is 10.6. The fourth-order valence-electron chi connectivity index (χ4n) is 1.63. The lowest BCUT2D eigenvalue weighted by atomic mass is 10.3. The number of methoxy groups -OCH3 is 1. The molecule has 0 spiro atoms. The molecule has 0 aliphatic carbocycles.